The molecular formula is C22H16ClN3O4S. The van der Waals surface area contributed by atoms with Gasteiger partial charge >= 0.3 is 5.97 Å². The number of thiophene rings is 1. The van der Waals surface area contributed by atoms with Gasteiger partial charge in [-0.2, -0.15) is 0 Å². The molecular weight excluding hydrogens is 438 g/mol. The maximum Gasteiger partial charge on any atom is 0.337 e. The lowest BCUT2D eigenvalue weighted by molar-refractivity contribution is -0.116. The Balaban J connectivity index is 1.57. The lowest BCUT2D eigenvalue weighted by Crippen LogP contribution is -2.27. The summed E-state index contributed by atoms with van der Waals surface area (Å²) in [5, 5.41) is 5.65. The van der Waals surface area contributed by atoms with Gasteiger partial charge in [0.15, 0.2) is 0 Å². The molecule has 4 rings (SSSR count). The number of anilines is 1. The molecule has 0 radical (unpaired) electrons. The average Bonchev–Trinajstić information content (AvgIpc) is 3.21. The van der Waals surface area contributed by atoms with Crippen LogP contribution in [0.5, 0.6) is 0 Å². The Kier molecular flexibility index (Phi) is 5.83. The molecule has 0 fully saturated rings. The van der Waals surface area contributed by atoms with Crippen molar-refractivity contribution in [2.24, 2.45) is 0 Å². The molecule has 0 atom stereocenters. The molecule has 1 N–H and O–H groups in total. The van der Waals surface area contributed by atoms with Crippen LogP contribution in [-0.2, 0) is 16.1 Å². The number of nitrogens with zero attached hydrogens (tertiary/aromatic N) is 2. The van der Waals surface area contributed by atoms with Gasteiger partial charge in [0.2, 0.25) is 5.91 Å². The van der Waals surface area contributed by atoms with Gasteiger partial charge in [0.25, 0.3) is 5.56 Å². The van der Waals surface area contributed by atoms with E-state index < -0.39 is 11.9 Å². The zero-order chi connectivity index (χ0) is 22.0. The van der Waals surface area contributed by atoms with Gasteiger partial charge in [0.1, 0.15) is 11.4 Å². The Morgan fingerprint density at radius 1 is 1.13 bits per heavy atom. The van der Waals surface area contributed by atoms with E-state index in [1.807, 2.05) is 17.5 Å². The number of ether oxygens (including phenoxy) is 1. The van der Waals surface area contributed by atoms with E-state index in [9.17, 15) is 14.4 Å². The van der Waals surface area contributed by atoms with E-state index in [0.29, 0.717) is 26.5 Å². The normalized spacial score (nSPS) is 10.8. The molecule has 0 aliphatic heterocycles. The molecule has 1 amide bonds. The van der Waals surface area contributed by atoms with Crippen molar-refractivity contribution in [2.45, 2.75) is 6.54 Å². The Bertz CT molecular complexity index is 1330. The van der Waals surface area contributed by atoms with Crippen LogP contribution in [0, 0.1) is 0 Å². The molecule has 9 heteroatoms. The van der Waals surface area contributed by atoms with E-state index in [0.717, 1.165) is 11.1 Å². The summed E-state index contributed by atoms with van der Waals surface area (Å²) >= 11 is 7.33. The van der Waals surface area contributed by atoms with E-state index in [4.69, 9.17) is 11.6 Å². The average molecular weight is 454 g/mol. The van der Waals surface area contributed by atoms with E-state index in [2.05, 4.69) is 15.0 Å². The molecule has 7 nitrogen and oxygen atoms in total. The number of methoxy groups -OCH3 is 1. The third-order valence-electron chi connectivity index (χ3n) is 4.62. The smallest absolute Gasteiger partial charge is 0.337 e. The van der Waals surface area contributed by atoms with Crippen LogP contribution in [0.4, 0.5) is 5.69 Å². The second-order valence-electron chi connectivity index (χ2n) is 6.63. The van der Waals surface area contributed by atoms with Gasteiger partial charge in [0.05, 0.1) is 24.4 Å². The highest BCUT2D eigenvalue weighted by Gasteiger charge is 2.15. The molecule has 0 aliphatic rings. The van der Waals surface area contributed by atoms with E-state index in [1.165, 1.54) is 29.3 Å². The van der Waals surface area contributed by atoms with Gasteiger partial charge < -0.3 is 10.1 Å². The SMILES string of the molecule is COC(=O)c1ccc(NC(=O)Cn2cnc3scc(-c4ccc(Cl)cc4)c3c2=O)cc1. The number of hydrogen-bond donors (Lipinski definition) is 1. The van der Waals surface area contributed by atoms with Crippen LogP contribution in [0.25, 0.3) is 21.3 Å². The second kappa shape index (κ2) is 8.71. The van der Waals surface area contributed by atoms with Crippen LogP contribution < -0.4 is 10.9 Å². The van der Waals surface area contributed by atoms with Gasteiger partial charge in [0, 0.05) is 21.7 Å². The number of carbonyl (C=O) groups excluding carboxylic acids is 2. The highest BCUT2D eigenvalue weighted by Crippen LogP contribution is 2.31. The number of fused-ring (bicyclic) bond motifs is 1. The first-order chi connectivity index (χ1) is 15.0. The molecule has 0 spiro atoms. The minimum Gasteiger partial charge on any atom is -0.465 e. The maximum atomic E-state index is 13.1. The molecule has 0 unspecified atom stereocenters. The fourth-order valence-electron chi connectivity index (χ4n) is 3.08. The number of amides is 1. The molecule has 2 aromatic heterocycles. The Morgan fingerprint density at radius 3 is 2.52 bits per heavy atom. The van der Waals surface area contributed by atoms with Gasteiger partial charge in [-0.15, -0.1) is 11.3 Å². The molecule has 2 aromatic carbocycles. The van der Waals surface area contributed by atoms with Crippen molar-refractivity contribution in [3.8, 4) is 11.1 Å². The van der Waals surface area contributed by atoms with Crippen LogP contribution in [-0.4, -0.2) is 28.5 Å². The quantitative estimate of drug-likeness (QED) is 0.457. The molecule has 0 bridgehead atoms. The Labute approximate surface area is 185 Å². The predicted molar refractivity (Wildman–Crippen MR) is 121 cm³/mol. The summed E-state index contributed by atoms with van der Waals surface area (Å²) in [6, 6.07) is 13.5. The zero-order valence-electron chi connectivity index (χ0n) is 16.3. The van der Waals surface area contributed by atoms with Gasteiger partial charge in [-0.3, -0.25) is 14.2 Å². The number of carbonyl (C=O) groups is 2. The molecule has 0 saturated heterocycles. The standard InChI is InChI=1S/C22H16ClN3O4S/c1-30-22(29)14-4-8-16(9-5-14)25-18(27)10-26-12-24-20-19(21(26)28)17(11-31-20)13-2-6-15(23)7-3-13/h2-9,11-12H,10H2,1H3,(H,25,27). The molecule has 2 heterocycles. The Morgan fingerprint density at radius 2 is 1.84 bits per heavy atom. The summed E-state index contributed by atoms with van der Waals surface area (Å²) in [5.74, 6) is -0.853. The van der Waals surface area contributed by atoms with Crippen molar-refractivity contribution in [1.29, 1.82) is 0 Å². The number of rotatable bonds is 5. The molecule has 0 aliphatic carbocycles. The van der Waals surface area contributed by atoms with Crippen molar-refractivity contribution < 1.29 is 14.3 Å². The largest absolute Gasteiger partial charge is 0.465 e. The van der Waals surface area contributed by atoms with Crippen molar-refractivity contribution >= 4 is 50.7 Å². The van der Waals surface area contributed by atoms with Crippen molar-refractivity contribution in [3.63, 3.8) is 0 Å². The number of nitrogens with one attached hydrogen (secondary N) is 1. The monoisotopic (exact) mass is 453 g/mol. The van der Waals surface area contributed by atoms with Crippen LogP contribution in [0.2, 0.25) is 5.02 Å². The summed E-state index contributed by atoms with van der Waals surface area (Å²) in [7, 11) is 1.30. The number of hydrogen-bond acceptors (Lipinski definition) is 6. The molecule has 31 heavy (non-hydrogen) atoms. The fourth-order valence-corrected chi connectivity index (χ4v) is 4.12. The highest BCUT2D eigenvalue weighted by atomic mass is 35.5. The third-order valence-corrected chi connectivity index (χ3v) is 5.76. The van der Waals surface area contributed by atoms with Crippen LogP contribution in [0.1, 0.15) is 10.4 Å². The van der Waals surface area contributed by atoms with E-state index in [-0.39, 0.29) is 12.1 Å². The van der Waals surface area contributed by atoms with Crippen molar-refractivity contribution in [1.82, 2.24) is 9.55 Å². The topological polar surface area (TPSA) is 90.3 Å². The summed E-state index contributed by atoms with van der Waals surface area (Å²) in [4.78, 5) is 42.0. The zero-order valence-corrected chi connectivity index (χ0v) is 17.9. The van der Waals surface area contributed by atoms with Crippen LogP contribution in [0.3, 0.4) is 0 Å². The minimum absolute atomic E-state index is 0.198. The number of esters is 1. The number of aromatic nitrogens is 2. The predicted octanol–water partition coefficient (Wildman–Crippen LogP) is 4.20. The first kappa shape index (κ1) is 20.8. The highest BCUT2D eigenvalue weighted by molar-refractivity contribution is 7.17. The minimum atomic E-state index is -0.462. The van der Waals surface area contributed by atoms with Gasteiger partial charge in [-0.1, -0.05) is 23.7 Å². The van der Waals surface area contributed by atoms with E-state index in [1.54, 1.807) is 36.4 Å². The van der Waals surface area contributed by atoms with Crippen molar-refractivity contribution in [2.75, 3.05) is 12.4 Å². The summed E-state index contributed by atoms with van der Waals surface area (Å²) < 4.78 is 5.92. The molecule has 4 aromatic rings. The third kappa shape index (κ3) is 4.35. The molecule has 0 saturated carbocycles. The molecule has 156 valence electrons. The fraction of sp³-hybridized carbons (Fsp3) is 0.0909. The first-order valence-corrected chi connectivity index (χ1v) is 10.4. The summed E-state index contributed by atoms with van der Waals surface area (Å²) in [6.07, 6.45) is 1.37. The Hall–Kier alpha value is -3.49. The van der Waals surface area contributed by atoms with Crippen LogP contribution in [0.15, 0.2) is 65.0 Å². The lowest BCUT2D eigenvalue weighted by atomic mass is 10.1. The van der Waals surface area contributed by atoms with Crippen molar-refractivity contribution in [3.05, 3.63) is 81.2 Å². The second-order valence-corrected chi connectivity index (χ2v) is 7.93. The maximum absolute atomic E-state index is 13.1. The summed E-state index contributed by atoms with van der Waals surface area (Å²) in [5.41, 5.74) is 2.17. The first-order valence-electron chi connectivity index (χ1n) is 9.17. The van der Waals surface area contributed by atoms with E-state index >= 15 is 0 Å². The number of halogens is 1. The van der Waals surface area contributed by atoms with Gasteiger partial charge in [-0.25, -0.2) is 9.78 Å². The van der Waals surface area contributed by atoms with Gasteiger partial charge in [-0.05, 0) is 42.0 Å². The number of benzene rings is 2. The lowest BCUT2D eigenvalue weighted by Gasteiger charge is -2.08. The summed E-state index contributed by atoms with van der Waals surface area (Å²) in [6.45, 7) is -0.198. The van der Waals surface area contributed by atoms with Crippen LogP contribution >= 0.6 is 22.9 Å².